The minimum absolute atomic E-state index is 0.0216. The molecule has 3 aromatic rings. The van der Waals surface area contributed by atoms with Gasteiger partial charge in [0, 0.05) is 63.9 Å². The zero-order chi connectivity index (χ0) is 27.8. The lowest BCUT2D eigenvalue weighted by molar-refractivity contribution is -0.122. The van der Waals surface area contributed by atoms with Crippen LogP contribution in [0.5, 0.6) is 5.75 Å². The summed E-state index contributed by atoms with van der Waals surface area (Å²) in [5.41, 5.74) is 4.28. The summed E-state index contributed by atoms with van der Waals surface area (Å²) in [5, 5.41) is 11.7. The van der Waals surface area contributed by atoms with E-state index in [-0.39, 0.29) is 41.4 Å². The van der Waals surface area contributed by atoms with Gasteiger partial charge in [0.1, 0.15) is 17.0 Å². The number of methoxy groups -OCH3 is 1. The maximum Gasteiger partial charge on any atom is 0.263 e. The molecule has 11 nitrogen and oxygen atoms in total. The highest BCUT2D eigenvalue weighted by molar-refractivity contribution is 5.93. The van der Waals surface area contributed by atoms with E-state index in [1.807, 2.05) is 10.9 Å². The smallest absolute Gasteiger partial charge is 0.263 e. The van der Waals surface area contributed by atoms with Crippen LogP contribution in [0.3, 0.4) is 0 Å². The fourth-order valence-electron chi connectivity index (χ4n) is 6.30. The molecule has 4 heterocycles. The normalized spacial score (nSPS) is 21.7. The summed E-state index contributed by atoms with van der Waals surface area (Å²) in [4.78, 5) is 42.8. The first-order valence-electron chi connectivity index (χ1n) is 13.9. The number of fused-ring (bicyclic) bond motifs is 7. The highest BCUT2D eigenvalue weighted by Crippen LogP contribution is 2.35. The molecule has 1 aliphatic carbocycles. The van der Waals surface area contributed by atoms with E-state index in [0.29, 0.717) is 31.7 Å². The number of hydrogen-bond donors (Lipinski definition) is 1. The van der Waals surface area contributed by atoms with Crippen LogP contribution in [0.25, 0.3) is 0 Å². The monoisotopic (exact) mass is 545 g/mol. The largest absolute Gasteiger partial charge is 0.496 e. The van der Waals surface area contributed by atoms with Crippen molar-refractivity contribution >= 4 is 11.8 Å². The van der Waals surface area contributed by atoms with Gasteiger partial charge in [-0.2, -0.15) is 0 Å². The quantitative estimate of drug-likeness (QED) is 0.527. The van der Waals surface area contributed by atoms with Crippen molar-refractivity contribution in [2.75, 3.05) is 40.3 Å². The van der Waals surface area contributed by atoms with Crippen LogP contribution in [0, 0.1) is 5.92 Å². The van der Waals surface area contributed by atoms with E-state index in [4.69, 9.17) is 4.74 Å². The Morgan fingerprint density at radius 3 is 2.77 bits per heavy atom. The number of aromatic nitrogens is 4. The molecule has 0 unspecified atom stereocenters. The summed E-state index contributed by atoms with van der Waals surface area (Å²) in [6.45, 7) is 2.99. The summed E-state index contributed by atoms with van der Waals surface area (Å²) < 4.78 is 9.08. The first-order valence-corrected chi connectivity index (χ1v) is 13.9. The summed E-state index contributed by atoms with van der Waals surface area (Å²) >= 11 is 0. The van der Waals surface area contributed by atoms with Crippen LogP contribution in [0.2, 0.25) is 0 Å². The van der Waals surface area contributed by atoms with Gasteiger partial charge in [0.15, 0.2) is 0 Å². The van der Waals surface area contributed by atoms with Gasteiger partial charge in [-0.15, -0.1) is 5.10 Å². The van der Waals surface area contributed by atoms with Crippen molar-refractivity contribution in [2.24, 2.45) is 5.92 Å². The van der Waals surface area contributed by atoms with Crippen LogP contribution in [0.4, 0.5) is 0 Å². The van der Waals surface area contributed by atoms with Gasteiger partial charge in [-0.25, -0.2) is 4.68 Å². The fraction of sp³-hybridized carbons (Fsp3) is 0.483. The van der Waals surface area contributed by atoms with Crippen molar-refractivity contribution in [3.8, 4) is 5.75 Å². The third-order valence-corrected chi connectivity index (χ3v) is 8.42. The average Bonchev–Trinajstić information content (AvgIpc) is 3.68. The molecule has 4 bridgehead atoms. The van der Waals surface area contributed by atoms with Crippen LogP contribution >= 0.6 is 0 Å². The fourth-order valence-corrected chi connectivity index (χ4v) is 6.30. The molecule has 0 radical (unpaired) electrons. The highest BCUT2D eigenvalue weighted by atomic mass is 16.5. The average molecular weight is 546 g/mol. The SMILES string of the molecule is COc1cc2c(cc1CN1C[C@@H]3CC(=O)NCCN(C)C(=O)c4cccn(c4=O)Cc4cn(nn4)[C@@H]3C1)CCC2. The van der Waals surface area contributed by atoms with Crippen molar-refractivity contribution in [1.82, 2.24) is 34.7 Å². The number of hydrogen-bond acceptors (Lipinski definition) is 7. The Balaban J connectivity index is 1.28. The molecule has 2 atom stereocenters. The summed E-state index contributed by atoms with van der Waals surface area (Å²) in [6, 6.07) is 7.65. The van der Waals surface area contributed by atoms with Crippen LogP contribution < -0.4 is 15.6 Å². The van der Waals surface area contributed by atoms with E-state index in [2.05, 4.69) is 32.7 Å². The lowest BCUT2D eigenvalue weighted by Gasteiger charge is -2.20. The van der Waals surface area contributed by atoms with Gasteiger partial charge < -0.3 is 19.5 Å². The molecule has 2 aromatic heterocycles. The molecule has 0 saturated carbocycles. The molecular weight excluding hydrogens is 510 g/mol. The molecule has 1 N–H and O–H groups in total. The Hall–Kier alpha value is -3.99. The number of benzene rings is 1. The van der Waals surface area contributed by atoms with Crippen LogP contribution in [-0.2, 0) is 30.7 Å². The number of nitrogens with zero attached hydrogens (tertiary/aromatic N) is 6. The Bertz CT molecular complexity index is 1500. The summed E-state index contributed by atoms with van der Waals surface area (Å²) in [5.74, 6) is 0.492. The number of amides is 2. The molecule has 1 fully saturated rings. The molecule has 3 aliphatic rings. The van der Waals surface area contributed by atoms with Crippen LogP contribution in [0.1, 0.15) is 51.6 Å². The number of nitrogens with one attached hydrogen (secondary N) is 1. The maximum absolute atomic E-state index is 13.1. The second-order valence-electron chi connectivity index (χ2n) is 11.1. The van der Waals surface area contributed by atoms with E-state index in [1.54, 1.807) is 26.4 Å². The third kappa shape index (κ3) is 5.13. The zero-order valence-electron chi connectivity index (χ0n) is 23.0. The van der Waals surface area contributed by atoms with E-state index < -0.39 is 0 Å². The number of likely N-dealkylation sites (N-methyl/N-ethyl adjacent to an activating group) is 1. The van der Waals surface area contributed by atoms with E-state index in [0.717, 1.165) is 37.2 Å². The van der Waals surface area contributed by atoms with Gasteiger partial charge in [-0.3, -0.25) is 19.3 Å². The van der Waals surface area contributed by atoms with Gasteiger partial charge >= 0.3 is 0 Å². The van der Waals surface area contributed by atoms with Crippen molar-refractivity contribution in [1.29, 1.82) is 0 Å². The molecule has 210 valence electrons. The molecule has 0 spiro atoms. The second kappa shape index (κ2) is 10.9. The molecular formula is C29H35N7O4. The Kier molecular flexibility index (Phi) is 7.14. The van der Waals surface area contributed by atoms with Crippen LogP contribution in [0.15, 0.2) is 41.5 Å². The number of aryl methyl sites for hydroxylation is 2. The van der Waals surface area contributed by atoms with E-state index in [9.17, 15) is 14.4 Å². The number of rotatable bonds is 3. The third-order valence-electron chi connectivity index (χ3n) is 8.42. The van der Waals surface area contributed by atoms with Gasteiger partial charge in [-0.05, 0) is 48.6 Å². The maximum atomic E-state index is 13.1. The summed E-state index contributed by atoms with van der Waals surface area (Å²) in [7, 11) is 3.36. The lowest BCUT2D eigenvalue weighted by atomic mass is 9.99. The number of carbonyl (C=O) groups excluding carboxylic acids is 2. The van der Waals surface area contributed by atoms with E-state index >= 15 is 0 Å². The second-order valence-corrected chi connectivity index (χ2v) is 11.1. The van der Waals surface area contributed by atoms with E-state index in [1.165, 1.54) is 33.1 Å². The molecule has 1 aromatic carbocycles. The minimum atomic E-state index is -0.377. The first-order chi connectivity index (χ1) is 19.4. The number of pyridine rings is 1. The zero-order valence-corrected chi connectivity index (χ0v) is 23.0. The summed E-state index contributed by atoms with van der Waals surface area (Å²) in [6.07, 6.45) is 7.24. The topological polar surface area (TPSA) is 115 Å². The highest BCUT2D eigenvalue weighted by Gasteiger charge is 2.37. The Morgan fingerprint density at radius 1 is 1.12 bits per heavy atom. The minimum Gasteiger partial charge on any atom is -0.496 e. The molecule has 40 heavy (non-hydrogen) atoms. The number of carbonyl (C=O) groups is 2. The van der Waals surface area contributed by atoms with Gasteiger partial charge in [0.2, 0.25) is 5.91 Å². The van der Waals surface area contributed by atoms with Crippen LogP contribution in [-0.4, -0.2) is 81.5 Å². The standard InChI is InChI=1S/C29H35N7O4/c1-33-10-8-30-27(37)13-21-14-34(15-22-11-19-5-3-6-20(19)12-26(22)40-2)18-25(21)36-17-23(31-32-36)16-35-9-4-7-24(28(33)38)29(35)39/h4,7,9,11-12,17,21,25H,3,5-6,8,10,13-16,18H2,1-2H3,(H,30,37)/t21-,25+/m0/s1. The Morgan fingerprint density at radius 2 is 1.95 bits per heavy atom. The lowest BCUT2D eigenvalue weighted by Crippen LogP contribution is -2.39. The number of likely N-dealkylation sites (tertiary alicyclic amines) is 1. The van der Waals surface area contributed by atoms with Gasteiger partial charge in [0.25, 0.3) is 11.5 Å². The molecule has 2 amide bonds. The molecule has 1 saturated heterocycles. The Labute approximate surface area is 232 Å². The first kappa shape index (κ1) is 26.2. The molecule has 2 aliphatic heterocycles. The van der Waals surface area contributed by atoms with Crippen molar-refractivity contribution in [3.63, 3.8) is 0 Å². The molecule has 6 rings (SSSR count). The van der Waals surface area contributed by atoms with Crippen molar-refractivity contribution in [2.45, 2.75) is 44.8 Å². The molecule has 11 heteroatoms. The van der Waals surface area contributed by atoms with Gasteiger partial charge in [0.05, 0.1) is 25.9 Å². The predicted octanol–water partition coefficient (Wildman–Crippen LogP) is 1.25. The predicted molar refractivity (Wildman–Crippen MR) is 147 cm³/mol. The number of ether oxygens (including phenoxy) is 1. The van der Waals surface area contributed by atoms with Crippen molar-refractivity contribution in [3.05, 3.63) is 75.0 Å². The van der Waals surface area contributed by atoms with Crippen molar-refractivity contribution < 1.29 is 14.3 Å². The van der Waals surface area contributed by atoms with Gasteiger partial charge in [-0.1, -0.05) is 11.3 Å².